The molecule has 16 heavy (non-hydrogen) atoms. The van der Waals surface area contributed by atoms with Crippen LogP contribution < -0.4 is 4.72 Å². The van der Waals surface area contributed by atoms with Gasteiger partial charge in [-0.1, -0.05) is 11.8 Å². The molecule has 0 aliphatic carbocycles. The molecule has 1 rings (SSSR count). The maximum Gasteiger partial charge on any atom is 0.277 e. The van der Waals surface area contributed by atoms with E-state index in [-0.39, 0.29) is 29.2 Å². The molecule has 0 atom stereocenters. The van der Waals surface area contributed by atoms with Crippen molar-refractivity contribution in [3.63, 3.8) is 0 Å². The van der Waals surface area contributed by atoms with Gasteiger partial charge in [-0.2, -0.15) is 0 Å². The molecule has 0 aliphatic rings. The number of Topliss-reactive ketones (excluding diaryl/α,β-unsaturated/α-hetero) is 1. The van der Waals surface area contributed by atoms with E-state index in [1.807, 2.05) is 0 Å². The van der Waals surface area contributed by atoms with Crippen molar-refractivity contribution in [2.24, 2.45) is 0 Å². The van der Waals surface area contributed by atoms with Crippen LogP contribution in [0.1, 0.15) is 12.8 Å². The Morgan fingerprint density at radius 2 is 2.19 bits per heavy atom. The first kappa shape index (κ1) is 13.1. The van der Waals surface area contributed by atoms with Crippen molar-refractivity contribution in [1.29, 1.82) is 0 Å². The first-order valence-electron chi connectivity index (χ1n) is 4.26. The number of nitrogens with one attached hydrogen (secondary N) is 1. The minimum Gasteiger partial charge on any atom is -0.414 e. The molecule has 0 spiro atoms. The van der Waals surface area contributed by atoms with Crippen molar-refractivity contribution in [3.05, 3.63) is 5.89 Å². The average Bonchev–Trinajstić information content (AvgIpc) is 2.58. The second-order valence-electron chi connectivity index (χ2n) is 3.05. The Morgan fingerprint density at radius 3 is 2.75 bits per heavy atom. The summed E-state index contributed by atoms with van der Waals surface area (Å²) >= 11 is 1.12. The van der Waals surface area contributed by atoms with E-state index < -0.39 is 10.0 Å². The van der Waals surface area contributed by atoms with E-state index in [9.17, 15) is 13.2 Å². The zero-order valence-electron chi connectivity index (χ0n) is 8.76. The maximum atomic E-state index is 10.8. The topological polar surface area (TPSA) is 102 Å². The highest BCUT2D eigenvalue weighted by Gasteiger charge is 2.09. The smallest absolute Gasteiger partial charge is 0.277 e. The summed E-state index contributed by atoms with van der Waals surface area (Å²) in [6.07, 6.45) is 1.04. The Kier molecular flexibility index (Phi) is 4.44. The van der Waals surface area contributed by atoms with Gasteiger partial charge in [-0.15, -0.1) is 10.2 Å². The molecule has 0 unspecified atom stereocenters. The fourth-order valence-electron chi connectivity index (χ4n) is 0.724. The SMILES string of the molecule is CC(=O)CSc1nnc(CNS(C)(=O)=O)o1. The van der Waals surface area contributed by atoms with Crippen LogP contribution in [0.25, 0.3) is 0 Å². The van der Waals surface area contributed by atoms with Gasteiger partial charge in [0.2, 0.25) is 15.9 Å². The van der Waals surface area contributed by atoms with E-state index in [1.54, 1.807) is 0 Å². The molecule has 1 heterocycles. The van der Waals surface area contributed by atoms with Crippen molar-refractivity contribution in [2.75, 3.05) is 12.0 Å². The van der Waals surface area contributed by atoms with Gasteiger partial charge in [0, 0.05) is 0 Å². The van der Waals surface area contributed by atoms with Crippen molar-refractivity contribution >= 4 is 27.6 Å². The summed E-state index contributed by atoms with van der Waals surface area (Å²) in [5.41, 5.74) is 0. The first-order valence-corrected chi connectivity index (χ1v) is 7.14. The molecular weight excluding hydrogens is 254 g/mol. The van der Waals surface area contributed by atoms with Crippen LogP contribution in [0, 0.1) is 0 Å². The van der Waals surface area contributed by atoms with E-state index in [2.05, 4.69) is 14.9 Å². The molecule has 1 aromatic heterocycles. The van der Waals surface area contributed by atoms with E-state index in [1.165, 1.54) is 6.92 Å². The lowest BCUT2D eigenvalue weighted by Crippen LogP contribution is -2.21. The van der Waals surface area contributed by atoms with Gasteiger partial charge in [-0.05, 0) is 6.92 Å². The van der Waals surface area contributed by atoms with Crippen molar-refractivity contribution in [2.45, 2.75) is 18.7 Å². The van der Waals surface area contributed by atoms with Crippen LogP contribution in [-0.2, 0) is 21.4 Å². The standard InChI is InChI=1S/C7H11N3O4S2/c1-5(11)4-15-7-10-9-6(14-7)3-8-16(2,12)13/h8H,3-4H2,1-2H3. The summed E-state index contributed by atoms with van der Waals surface area (Å²) in [5, 5.41) is 7.52. The zero-order valence-corrected chi connectivity index (χ0v) is 10.4. The largest absolute Gasteiger partial charge is 0.414 e. The number of sulfonamides is 1. The lowest BCUT2D eigenvalue weighted by molar-refractivity contribution is -0.114. The lowest BCUT2D eigenvalue weighted by atomic mass is 10.5. The highest BCUT2D eigenvalue weighted by atomic mass is 32.2. The zero-order chi connectivity index (χ0) is 12.2. The van der Waals surface area contributed by atoms with Crippen LogP contribution in [0.3, 0.4) is 0 Å². The molecule has 0 bridgehead atoms. The highest BCUT2D eigenvalue weighted by Crippen LogP contribution is 2.15. The van der Waals surface area contributed by atoms with E-state index >= 15 is 0 Å². The molecule has 0 amide bonds. The van der Waals surface area contributed by atoms with Gasteiger partial charge >= 0.3 is 0 Å². The van der Waals surface area contributed by atoms with Crippen LogP contribution in [0.4, 0.5) is 0 Å². The maximum absolute atomic E-state index is 10.8. The number of hydrogen-bond donors (Lipinski definition) is 1. The molecule has 0 aromatic carbocycles. The number of carbonyl (C=O) groups excluding carboxylic acids is 1. The molecule has 0 aliphatic heterocycles. The average molecular weight is 265 g/mol. The third kappa shape index (κ3) is 5.24. The molecule has 0 fully saturated rings. The molecule has 90 valence electrons. The predicted molar refractivity (Wildman–Crippen MR) is 57.4 cm³/mol. The Hall–Kier alpha value is -0.930. The fourth-order valence-corrected chi connectivity index (χ4v) is 1.69. The Morgan fingerprint density at radius 1 is 1.50 bits per heavy atom. The van der Waals surface area contributed by atoms with Gasteiger partial charge in [0.15, 0.2) is 0 Å². The van der Waals surface area contributed by atoms with Crippen molar-refractivity contribution in [1.82, 2.24) is 14.9 Å². The van der Waals surface area contributed by atoms with Crippen LogP contribution in [0.2, 0.25) is 0 Å². The summed E-state index contributed by atoms with van der Waals surface area (Å²) in [5.74, 6) is 0.414. The third-order valence-electron chi connectivity index (χ3n) is 1.33. The van der Waals surface area contributed by atoms with Crippen molar-refractivity contribution in [3.8, 4) is 0 Å². The van der Waals surface area contributed by atoms with E-state index in [0.29, 0.717) is 0 Å². The molecule has 0 saturated carbocycles. The second-order valence-corrected chi connectivity index (χ2v) is 5.81. The quantitative estimate of drug-likeness (QED) is 0.710. The molecule has 0 radical (unpaired) electrons. The Balaban J connectivity index is 2.48. The number of nitrogens with zero attached hydrogens (tertiary/aromatic N) is 2. The number of carbonyl (C=O) groups is 1. The minimum absolute atomic E-state index is 0.000916. The molecule has 1 N–H and O–H groups in total. The minimum atomic E-state index is -3.28. The predicted octanol–water partition coefficient (Wildman–Crippen LogP) is -0.200. The Bertz CT molecular complexity index is 468. The van der Waals surface area contributed by atoms with Gasteiger partial charge in [-0.25, -0.2) is 13.1 Å². The Labute approximate surface area is 97.1 Å². The summed E-state index contributed by atoms with van der Waals surface area (Å²) < 4.78 is 28.9. The number of rotatable bonds is 6. The van der Waals surface area contributed by atoms with Gasteiger partial charge in [-0.3, -0.25) is 4.79 Å². The van der Waals surface area contributed by atoms with Gasteiger partial charge in [0.1, 0.15) is 5.78 Å². The summed E-state index contributed by atoms with van der Waals surface area (Å²) in [4.78, 5) is 10.7. The molecule has 1 aromatic rings. The number of ketones is 1. The first-order chi connectivity index (χ1) is 7.37. The van der Waals surface area contributed by atoms with Gasteiger partial charge in [0.25, 0.3) is 5.22 Å². The lowest BCUT2D eigenvalue weighted by Gasteiger charge is -1.95. The monoisotopic (exact) mass is 265 g/mol. The number of hydrogen-bond acceptors (Lipinski definition) is 7. The fraction of sp³-hybridized carbons (Fsp3) is 0.571. The summed E-state index contributed by atoms with van der Waals surface area (Å²) in [6, 6.07) is 0. The van der Waals surface area contributed by atoms with Crippen LogP contribution in [0.15, 0.2) is 9.64 Å². The number of thioether (sulfide) groups is 1. The van der Waals surface area contributed by atoms with Crippen LogP contribution in [-0.4, -0.2) is 36.4 Å². The molecule has 9 heteroatoms. The van der Waals surface area contributed by atoms with Crippen LogP contribution >= 0.6 is 11.8 Å². The summed E-state index contributed by atoms with van der Waals surface area (Å²) in [6.45, 7) is 1.40. The molecular formula is C7H11N3O4S2. The molecule has 7 nitrogen and oxygen atoms in total. The third-order valence-corrected chi connectivity index (χ3v) is 2.96. The second kappa shape index (κ2) is 5.41. The number of aromatic nitrogens is 2. The summed E-state index contributed by atoms with van der Waals surface area (Å²) in [7, 11) is -3.28. The normalized spacial score (nSPS) is 11.6. The molecule has 0 saturated heterocycles. The highest BCUT2D eigenvalue weighted by molar-refractivity contribution is 7.99. The van der Waals surface area contributed by atoms with E-state index in [0.717, 1.165) is 18.0 Å². The van der Waals surface area contributed by atoms with Gasteiger partial charge in [0.05, 0.1) is 18.6 Å². The van der Waals surface area contributed by atoms with E-state index in [4.69, 9.17) is 4.42 Å². The van der Waals surface area contributed by atoms with Crippen molar-refractivity contribution < 1.29 is 17.6 Å². The van der Waals surface area contributed by atoms with Gasteiger partial charge < -0.3 is 4.42 Å². The van der Waals surface area contributed by atoms with Crippen LogP contribution in [0.5, 0.6) is 0 Å².